The first-order chi connectivity index (χ1) is 9.81. The lowest BCUT2D eigenvalue weighted by Crippen LogP contribution is -2.27. The lowest BCUT2D eigenvalue weighted by molar-refractivity contribution is 0.281. The number of hydrogen-bond acceptors (Lipinski definition) is 4. The summed E-state index contributed by atoms with van der Waals surface area (Å²) in [5.41, 5.74) is 1.94. The van der Waals surface area contributed by atoms with Gasteiger partial charge in [0.15, 0.2) is 0 Å². The van der Waals surface area contributed by atoms with E-state index in [1.807, 2.05) is 24.3 Å². The molecule has 1 N–H and O–H groups in total. The maximum absolute atomic E-state index is 5.89. The molecule has 1 aromatic heterocycles. The van der Waals surface area contributed by atoms with Gasteiger partial charge in [0.2, 0.25) is 5.89 Å². The van der Waals surface area contributed by atoms with Crippen molar-refractivity contribution in [3.63, 3.8) is 0 Å². The smallest absolute Gasteiger partial charge is 0.226 e. The van der Waals surface area contributed by atoms with Crippen LogP contribution in [0, 0.1) is 0 Å². The molecule has 0 aliphatic carbocycles. The number of nitrogens with one attached hydrogen (secondary N) is 1. The Morgan fingerprint density at radius 3 is 2.90 bits per heavy atom. The molecule has 5 heteroatoms. The minimum absolute atomic E-state index is 0.657. The fourth-order valence-corrected chi connectivity index (χ4v) is 2.52. The maximum Gasteiger partial charge on any atom is 0.226 e. The van der Waals surface area contributed by atoms with Crippen LogP contribution in [-0.2, 0) is 6.54 Å². The van der Waals surface area contributed by atoms with E-state index in [9.17, 15) is 0 Å². The number of nitrogens with zero attached hydrogens (tertiary/aromatic N) is 2. The average Bonchev–Trinajstić information content (AvgIpc) is 2.76. The molecule has 1 aliphatic heterocycles. The Labute approximate surface area is 123 Å². The third-order valence-corrected chi connectivity index (χ3v) is 3.71. The van der Waals surface area contributed by atoms with Gasteiger partial charge < -0.3 is 9.73 Å². The highest BCUT2D eigenvalue weighted by molar-refractivity contribution is 6.30. The molecule has 3 rings (SSSR count). The summed E-state index contributed by atoms with van der Waals surface area (Å²) in [4.78, 5) is 6.97. The number of halogens is 1. The normalized spacial score (nSPS) is 17.1. The van der Waals surface area contributed by atoms with Gasteiger partial charge in [-0.2, -0.15) is 0 Å². The Kier molecular flexibility index (Phi) is 4.35. The van der Waals surface area contributed by atoms with Gasteiger partial charge in [-0.15, -0.1) is 0 Å². The summed E-state index contributed by atoms with van der Waals surface area (Å²) < 4.78 is 5.57. The van der Waals surface area contributed by atoms with Crippen molar-refractivity contribution in [1.29, 1.82) is 0 Å². The van der Waals surface area contributed by atoms with E-state index in [0.29, 0.717) is 5.89 Å². The number of hydrogen-bond donors (Lipinski definition) is 1. The molecule has 0 amide bonds. The number of oxazole rings is 1. The zero-order valence-corrected chi connectivity index (χ0v) is 12.1. The molecule has 0 unspecified atom stereocenters. The number of benzene rings is 1. The Morgan fingerprint density at radius 1 is 1.20 bits per heavy atom. The summed E-state index contributed by atoms with van der Waals surface area (Å²) in [6, 6.07) is 7.55. The first-order valence-corrected chi connectivity index (χ1v) is 7.32. The van der Waals surface area contributed by atoms with E-state index >= 15 is 0 Å². The molecule has 1 saturated heterocycles. The molecule has 20 heavy (non-hydrogen) atoms. The minimum Gasteiger partial charge on any atom is -0.444 e. The molecule has 0 spiro atoms. The number of rotatable bonds is 3. The first-order valence-electron chi connectivity index (χ1n) is 6.95. The molecule has 0 bridgehead atoms. The average molecular weight is 292 g/mol. The van der Waals surface area contributed by atoms with E-state index in [2.05, 4.69) is 15.2 Å². The van der Waals surface area contributed by atoms with Crippen molar-refractivity contribution in [3.8, 4) is 11.5 Å². The molecule has 0 radical (unpaired) electrons. The SMILES string of the molecule is Clc1ccc(-c2nc(CN3CCCNCC3)co2)cc1. The summed E-state index contributed by atoms with van der Waals surface area (Å²) in [7, 11) is 0. The fraction of sp³-hybridized carbons (Fsp3) is 0.400. The topological polar surface area (TPSA) is 41.3 Å². The Bertz CT molecular complexity index is 545. The van der Waals surface area contributed by atoms with Crippen molar-refractivity contribution < 1.29 is 4.42 Å². The van der Waals surface area contributed by atoms with Crippen LogP contribution in [0.1, 0.15) is 12.1 Å². The van der Waals surface area contributed by atoms with Crippen molar-refractivity contribution in [2.24, 2.45) is 0 Å². The molecule has 2 heterocycles. The summed E-state index contributed by atoms with van der Waals surface area (Å²) in [6.07, 6.45) is 2.93. The monoisotopic (exact) mass is 291 g/mol. The van der Waals surface area contributed by atoms with Gasteiger partial charge >= 0.3 is 0 Å². The molecule has 1 aromatic carbocycles. The molecular formula is C15H18ClN3O. The second-order valence-corrected chi connectivity index (χ2v) is 5.47. The number of aromatic nitrogens is 1. The van der Waals surface area contributed by atoms with Crippen LogP contribution in [0.15, 0.2) is 34.9 Å². The largest absolute Gasteiger partial charge is 0.444 e. The minimum atomic E-state index is 0.657. The van der Waals surface area contributed by atoms with E-state index in [4.69, 9.17) is 16.0 Å². The summed E-state index contributed by atoms with van der Waals surface area (Å²) >= 11 is 5.89. The van der Waals surface area contributed by atoms with Crippen molar-refractivity contribution in [2.45, 2.75) is 13.0 Å². The third kappa shape index (κ3) is 3.39. The van der Waals surface area contributed by atoms with Crippen LogP contribution >= 0.6 is 11.6 Å². The van der Waals surface area contributed by atoms with Gasteiger partial charge in [-0.25, -0.2) is 4.98 Å². The second kappa shape index (κ2) is 6.39. The van der Waals surface area contributed by atoms with Crippen LogP contribution in [0.4, 0.5) is 0 Å². The molecule has 0 saturated carbocycles. The third-order valence-electron chi connectivity index (χ3n) is 3.46. The highest BCUT2D eigenvalue weighted by Gasteiger charge is 2.12. The highest BCUT2D eigenvalue weighted by atomic mass is 35.5. The van der Waals surface area contributed by atoms with Crippen molar-refractivity contribution in [2.75, 3.05) is 26.2 Å². The lowest BCUT2D eigenvalue weighted by Gasteiger charge is -2.17. The van der Waals surface area contributed by atoms with Crippen LogP contribution in [0.2, 0.25) is 5.02 Å². The van der Waals surface area contributed by atoms with Gasteiger partial charge in [0, 0.05) is 30.2 Å². The lowest BCUT2D eigenvalue weighted by atomic mass is 10.2. The van der Waals surface area contributed by atoms with Gasteiger partial charge in [0.25, 0.3) is 0 Å². The van der Waals surface area contributed by atoms with Gasteiger partial charge in [0.05, 0.1) is 5.69 Å². The molecule has 106 valence electrons. The summed E-state index contributed by atoms with van der Waals surface area (Å²) in [5, 5.41) is 4.12. The Balaban J connectivity index is 1.68. The summed E-state index contributed by atoms with van der Waals surface area (Å²) in [6.45, 7) is 5.16. The van der Waals surface area contributed by atoms with Gasteiger partial charge in [-0.1, -0.05) is 11.6 Å². The predicted octanol–water partition coefficient (Wildman–Crippen LogP) is 2.79. The zero-order chi connectivity index (χ0) is 13.8. The quantitative estimate of drug-likeness (QED) is 0.944. The van der Waals surface area contributed by atoms with E-state index < -0.39 is 0 Å². The van der Waals surface area contributed by atoms with Crippen LogP contribution in [0.3, 0.4) is 0 Å². The van der Waals surface area contributed by atoms with Gasteiger partial charge in [0.1, 0.15) is 6.26 Å². The van der Waals surface area contributed by atoms with Crippen LogP contribution in [0.25, 0.3) is 11.5 Å². The van der Waals surface area contributed by atoms with E-state index in [1.54, 1.807) is 6.26 Å². The van der Waals surface area contributed by atoms with E-state index in [1.165, 1.54) is 6.42 Å². The van der Waals surface area contributed by atoms with Crippen LogP contribution in [-0.4, -0.2) is 36.1 Å². The predicted molar refractivity (Wildman–Crippen MR) is 79.7 cm³/mol. The fourth-order valence-electron chi connectivity index (χ4n) is 2.39. The molecule has 0 atom stereocenters. The highest BCUT2D eigenvalue weighted by Crippen LogP contribution is 2.21. The molecule has 2 aromatic rings. The van der Waals surface area contributed by atoms with Gasteiger partial charge in [-0.05, 0) is 43.8 Å². The Morgan fingerprint density at radius 2 is 2.05 bits per heavy atom. The van der Waals surface area contributed by atoms with Crippen molar-refractivity contribution in [3.05, 3.63) is 41.2 Å². The van der Waals surface area contributed by atoms with Crippen molar-refractivity contribution >= 4 is 11.6 Å². The molecular weight excluding hydrogens is 274 g/mol. The second-order valence-electron chi connectivity index (χ2n) is 5.03. The van der Waals surface area contributed by atoms with E-state index in [0.717, 1.165) is 49.0 Å². The van der Waals surface area contributed by atoms with E-state index in [-0.39, 0.29) is 0 Å². The van der Waals surface area contributed by atoms with Crippen LogP contribution < -0.4 is 5.32 Å². The molecule has 1 aliphatic rings. The van der Waals surface area contributed by atoms with Gasteiger partial charge in [-0.3, -0.25) is 4.90 Å². The van der Waals surface area contributed by atoms with Crippen LogP contribution in [0.5, 0.6) is 0 Å². The van der Waals surface area contributed by atoms with Crippen molar-refractivity contribution in [1.82, 2.24) is 15.2 Å². The maximum atomic E-state index is 5.89. The standard InChI is InChI=1S/C15H18ClN3O/c16-13-4-2-12(3-5-13)15-18-14(11-20-15)10-19-8-1-6-17-7-9-19/h2-5,11,17H,1,6-10H2. The zero-order valence-electron chi connectivity index (χ0n) is 11.3. The first kappa shape index (κ1) is 13.6. The Hall–Kier alpha value is -1.36. The summed E-state index contributed by atoms with van der Waals surface area (Å²) in [5.74, 6) is 0.657. The molecule has 4 nitrogen and oxygen atoms in total. The molecule has 1 fully saturated rings.